The van der Waals surface area contributed by atoms with Gasteiger partial charge in [0.05, 0.1) is 0 Å². The number of ether oxygens (including phenoxy) is 1. The standard InChI is InChI=1S/C24H29N3O6/c1-27(2)13-20(22(29)25-12-11-21(28)23(30)31)26-24(32)33-14-19-17-9-5-3-7-15(17)16-8-4-6-10-18(16)19/h3-10,19-21,28H,11-14H2,1-2H3,(H,25,29)(H,26,32)(H,30,31). The maximum atomic E-state index is 12.5. The zero-order valence-electron chi connectivity index (χ0n) is 18.7. The van der Waals surface area contributed by atoms with Gasteiger partial charge in [-0.1, -0.05) is 48.5 Å². The molecule has 9 heteroatoms. The number of fused-ring (bicyclic) bond motifs is 3. The van der Waals surface area contributed by atoms with Gasteiger partial charge in [0.25, 0.3) is 0 Å². The Balaban J connectivity index is 1.59. The Kier molecular flexibility index (Phi) is 8.02. The lowest BCUT2D eigenvalue weighted by Gasteiger charge is -2.22. The van der Waals surface area contributed by atoms with Crippen LogP contribution in [-0.2, 0) is 14.3 Å². The molecule has 0 bridgehead atoms. The van der Waals surface area contributed by atoms with Gasteiger partial charge in [-0.25, -0.2) is 9.59 Å². The maximum Gasteiger partial charge on any atom is 0.407 e. The van der Waals surface area contributed by atoms with Crippen LogP contribution in [0.1, 0.15) is 23.5 Å². The van der Waals surface area contributed by atoms with Crippen LogP contribution < -0.4 is 10.6 Å². The molecule has 0 aromatic heterocycles. The van der Waals surface area contributed by atoms with E-state index >= 15 is 0 Å². The number of hydrogen-bond acceptors (Lipinski definition) is 6. The Hall–Kier alpha value is -3.43. The molecule has 0 spiro atoms. The zero-order chi connectivity index (χ0) is 24.0. The van der Waals surface area contributed by atoms with Gasteiger partial charge < -0.3 is 30.5 Å². The van der Waals surface area contributed by atoms with E-state index < -0.39 is 30.1 Å². The quantitative estimate of drug-likeness (QED) is 0.426. The Bertz CT molecular complexity index is 964. The molecule has 0 heterocycles. The summed E-state index contributed by atoms with van der Waals surface area (Å²) < 4.78 is 5.51. The molecule has 33 heavy (non-hydrogen) atoms. The average Bonchev–Trinajstić information content (AvgIpc) is 3.10. The highest BCUT2D eigenvalue weighted by Gasteiger charge is 2.30. The summed E-state index contributed by atoms with van der Waals surface area (Å²) in [5.74, 6) is -1.94. The number of nitrogens with zero attached hydrogens (tertiary/aromatic N) is 1. The molecule has 2 atom stereocenters. The zero-order valence-corrected chi connectivity index (χ0v) is 18.7. The van der Waals surface area contributed by atoms with Gasteiger partial charge in [0.15, 0.2) is 6.10 Å². The van der Waals surface area contributed by atoms with E-state index in [1.165, 1.54) is 0 Å². The highest BCUT2D eigenvalue weighted by Crippen LogP contribution is 2.44. The largest absolute Gasteiger partial charge is 0.479 e. The first-order chi connectivity index (χ1) is 15.8. The van der Waals surface area contributed by atoms with Crippen molar-refractivity contribution in [2.24, 2.45) is 0 Å². The Morgan fingerprint density at radius 2 is 1.61 bits per heavy atom. The minimum Gasteiger partial charge on any atom is -0.479 e. The van der Waals surface area contributed by atoms with Crippen molar-refractivity contribution in [1.29, 1.82) is 0 Å². The number of carbonyl (C=O) groups is 3. The van der Waals surface area contributed by atoms with Crippen molar-refractivity contribution in [3.63, 3.8) is 0 Å². The average molecular weight is 456 g/mol. The fourth-order valence-corrected chi connectivity index (χ4v) is 3.92. The highest BCUT2D eigenvalue weighted by atomic mass is 16.5. The molecular weight excluding hydrogens is 426 g/mol. The molecule has 3 rings (SSSR count). The number of amides is 2. The van der Waals surface area contributed by atoms with E-state index in [1.54, 1.807) is 19.0 Å². The van der Waals surface area contributed by atoms with E-state index in [0.717, 1.165) is 22.3 Å². The minimum atomic E-state index is -1.56. The van der Waals surface area contributed by atoms with Gasteiger partial charge in [0, 0.05) is 25.4 Å². The summed E-state index contributed by atoms with van der Waals surface area (Å²) in [6.45, 7) is 0.307. The van der Waals surface area contributed by atoms with Crippen LogP contribution in [0.4, 0.5) is 4.79 Å². The molecule has 1 aliphatic carbocycles. The molecule has 2 amide bonds. The summed E-state index contributed by atoms with van der Waals surface area (Å²) in [6, 6.07) is 15.1. The van der Waals surface area contributed by atoms with Gasteiger partial charge in [-0.3, -0.25) is 4.79 Å². The highest BCUT2D eigenvalue weighted by molar-refractivity contribution is 5.86. The van der Waals surface area contributed by atoms with Gasteiger partial charge in [-0.2, -0.15) is 0 Å². The normalized spacial score (nSPS) is 14.2. The lowest BCUT2D eigenvalue weighted by molar-refractivity contribution is -0.147. The number of aliphatic hydroxyl groups is 1. The summed E-state index contributed by atoms with van der Waals surface area (Å²) >= 11 is 0. The number of carboxylic acid groups (broad SMARTS) is 1. The van der Waals surface area contributed by atoms with Crippen molar-refractivity contribution < 1.29 is 29.3 Å². The molecule has 0 aliphatic heterocycles. The summed E-state index contributed by atoms with van der Waals surface area (Å²) in [5, 5.41) is 23.2. The SMILES string of the molecule is CN(C)CC(NC(=O)OCC1c2ccccc2-c2ccccc21)C(=O)NCCC(O)C(=O)O. The summed E-state index contributed by atoms with van der Waals surface area (Å²) in [6.07, 6.45) is -2.42. The summed E-state index contributed by atoms with van der Waals surface area (Å²) in [4.78, 5) is 37.5. The molecule has 0 fully saturated rings. The third kappa shape index (κ3) is 6.09. The van der Waals surface area contributed by atoms with Crippen molar-refractivity contribution in [1.82, 2.24) is 15.5 Å². The van der Waals surface area contributed by atoms with Crippen LogP contribution >= 0.6 is 0 Å². The number of carbonyl (C=O) groups excluding carboxylic acids is 2. The molecule has 0 saturated carbocycles. The van der Waals surface area contributed by atoms with E-state index in [-0.39, 0.29) is 32.0 Å². The van der Waals surface area contributed by atoms with Crippen LogP contribution in [0.3, 0.4) is 0 Å². The summed E-state index contributed by atoms with van der Waals surface area (Å²) in [7, 11) is 3.52. The van der Waals surface area contributed by atoms with Crippen LogP contribution in [0.15, 0.2) is 48.5 Å². The Morgan fingerprint density at radius 3 is 2.15 bits per heavy atom. The predicted octanol–water partition coefficient (Wildman–Crippen LogP) is 1.41. The van der Waals surface area contributed by atoms with Crippen molar-refractivity contribution in [2.75, 3.05) is 33.8 Å². The first-order valence-electron chi connectivity index (χ1n) is 10.7. The molecule has 0 radical (unpaired) electrons. The van der Waals surface area contributed by atoms with Gasteiger partial charge in [-0.05, 0) is 36.3 Å². The van der Waals surface area contributed by atoms with E-state index in [9.17, 15) is 19.5 Å². The minimum absolute atomic E-state index is 0.0391. The number of hydrogen-bond donors (Lipinski definition) is 4. The number of carboxylic acids is 1. The van der Waals surface area contributed by atoms with Crippen molar-refractivity contribution in [3.05, 3.63) is 59.7 Å². The first-order valence-corrected chi connectivity index (χ1v) is 10.7. The van der Waals surface area contributed by atoms with Gasteiger partial charge in [0.1, 0.15) is 12.6 Å². The Morgan fingerprint density at radius 1 is 1.03 bits per heavy atom. The Labute approximate surface area is 192 Å². The van der Waals surface area contributed by atoms with Crippen LogP contribution in [0.5, 0.6) is 0 Å². The topological polar surface area (TPSA) is 128 Å². The third-order valence-corrected chi connectivity index (χ3v) is 5.50. The number of benzene rings is 2. The third-order valence-electron chi connectivity index (χ3n) is 5.50. The predicted molar refractivity (Wildman–Crippen MR) is 122 cm³/mol. The monoisotopic (exact) mass is 455 g/mol. The van der Waals surface area contributed by atoms with Crippen molar-refractivity contribution in [3.8, 4) is 11.1 Å². The number of rotatable bonds is 10. The second-order valence-electron chi connectivity index (χ2n) is 8.22. The number of nitrogens with one attached hydrogen (secondary N) is 2. The van der Waals surface area contributed by atoms with E-state index in [2.05, 4.69) is 10.6 Å². The number of alkyl carbamates (subject to hydrolysis) is 1. The van der Waals surface area contributed by atoms with Crippen LogP contribution in [0.25, 0.3) is 11.1 Å². The maximum absolute atomic E-state index is 12.5. The van der Waals surface area contributed by atoms with E-state index in [0.29, 0.717) is 0 Å². The fraction of sp³-hybridized carbons (Fsp3) is 0.375. The molecular formula is C24H29N3O6. The fourth-order valence-electron chi connectivity index (χ4n) is 3.92. The second kappa shape index (κ2) is 10.9. The number of aliphatic carboxylic acids is 1. The molecule has 2 aromatic rings. The summed E-state index contributed by atoms with van der Waals surface area (Å²) in [5.41, 5.74) is 4.42. The number of aliphatic hydroxyl groups excluding tert-OH is 1. The smallest absolute Gasteiger partial charge is 0.407 e. The first kappa shape index (κ1) is 24.2. The van der Waals surface area contributed by atoms with Crippen LogP contribution in [-0.4, -0.2) is 79.0 Å². The van der Waals surface area contributed by atoms with Crippen molar-refractivity contribution in [2.45, 2.75) is 24.5 Å². The lowest BCUT2D eigenvalue weighted by Crippen LogP contribution is -2.52. The lowest BCUT2D eigenvalue weighted by atomic mass is 9.98. The van der Waals surface area contributed by atoms with Crippen LogP contribution in [0, 0.1) is 0 Å². The molecule has 9 nitrogen and oxygen atoms in total. The van der Waals surface area contributed by atoms with Gasteiger partial charge >= 0.3 is 12.1 Å². The van der Waals surface area contributed by atoms with E-state index in [4.69, 9.17) is 9.84 Å². The van der Waals surface area contributed by atoms with Gasteiger partial charge in [0.2, 0.25) is 5.91 Å². The second-order valence-corrected chi connectivity index (χ2v) is 8.22. The van der Waals surface area contributed by atoms with Crippen LogP contribution in [0.2, 0.25) is 0 Å². The molecule has 0 saturated heterocycles. The number of likely N-dealkylation sites (N-methyl/N-ethyl adjacent to an activating group) is 1. The van der Waals surface area contributed by atoms with Gasteiger partial charge in [-0.15, -0.1) is 0 Å². The molecule has 1 aliphatic rings. The molecule has 176 valence electrons. The molecule has 4 N–H and O–H groups in total. The van der Waals surface area contributed by atoms with Crippen molar-refractivity contribution >= 4 is 18.0 Å². The molecule has 2 unspecified atom stereocenters. The molecule has 2 aromatic carbocycles. The van der Waals surface area contributed by atoms with E-state index in [1.807, 2.05) is 48.5 Å².